The first kappa shape index (κ1) is 56.4. The summed E-state index contributed by atoms with van der Waals surface area (Å²) < 4.78 is 19.3. The molecule has 0 bridgehead atoms. The topological polar surface area (TPSA) is 92.6 Å². The van der Waals surface area contributed by atoms with Crippen molar-refractivity contribution in [3.63, 3.8) is 0 Å². The van der Waals surface area contributed by atoms with Gasteiger partial charge in [0.15, 0.2) is 0 Å². The summed E-state index contributed by atoms with van der Waals surface area (Å²) in [4.78, 5) is 19.6. The van der Waals surface area contributed by atoms with Gasteiger partial charge in [0.05, 0.1) is 55.3 Å². The Kier molecular flexibility index (Phi) is 12.9. The third kappa shape index (κ3) is 9.16. The Morgan fingerprint density at radius 3 is 1.29 bits per heavy atom. The van der Waals surface area contributed by atoms with Crippen LogP contribution in [-0.4, -0.2) is 33.6 Å². The van der Waals surface area contributed by atoms with Crippen molar-refractivity contribution < 1.29 is 8.83 Å². The highest BCUT2D eigenvalue weighted by Crippen LogP contribution is 2.44. The summed E-state index contributed by atoms with van der Waals surface area (Å²) in [5, 5.41) is 16.1. The van der Waals surface area contributed by atoms with Crippen molar-refractivity contribution in [3.8, 4) is 51.0 Å². The summed E-state index contributed by atoms with van der Waals surface area (Å²) >= 11 is 6.32. The molecule has 464 valence electrons. The van der Waals surface area contributed by atoms with E-state index < -0.39 is 0 Å². The van der Waals surface area contributed by atoms with Crippen molar-refractivity contribution in [1.29, 1.82) is 0 Å². The number of nitrogens with zero attached hydrogens (tertiary/aromatic N) is 7. The van der Waals surface area contributed by atoms with Crippen LogP contribution in [0.25, 0.3) is 182 Å². The lowest BCUT2D eigenvalue weighted by Gasteiger charge is -2.11. The fraction of sp³-hybridized carbons (Fsp3) is 0.0112. The summed E-state index contributed by atoms with van der Waals surface area (Å²) in [5.41, 5.74) is 20.8. The number of furan rings is 2. The van der Waals surface area contributed by atoms with Crippen molar-refractivity contribution in [2.75, 3.05) is 0 Å². The highest BCUT2D eigenvalue weighted by Gasteiger charge is 2.25. The largest absolute Gasteiger partial charge is 0.438 e. The molecule has 21 aromatic rings. The number of fused-ring (bicyclic) bond motifs is 20. The van der Waals surface area contributed by atoms with Crippen LogP contribution in [-0.2, 0) is 6.42 Å². The van der Waals surface area contributed by atoms with E-state index in [0.717, 1.165) is 111 Å². The van der Waals surface area contributed by atoms with E-state index in [4.69, 9.17) is 30.4 Å². The Balaban J connectivity index is 0.000000113. The Morgan fingerprint density at radius 2 is 0.707 bits per heavy atom. The first-order chi connectivity index (χ1) is 49.0. The monoisotopic (exact) mass is 1290 g/mol. The molecule has 99 heavy (non-hydrogen) atoms. The second kappa shape index (κ2) is 22.6. The minimum atomic E-state index is 0.167. The second-order valence-electron chi connectivity index (χ2n) is 25.4. The fourth-order valence-corrected chi connectivity index (χ4v) is 15.5. The Hall–Kier alpha value is -13.0. The van der Waals surface area contributed by atoms with Gasteiger partial charge in [-0.25, -0.2) is 9.97 Å². The van der Waals surface area contributed by atoms with E-state index >= 15 is 0 Å². The van der Waals surface area contributed by atoms with E-state index in [0.29, 0.717) is 17.4 Å². The van der Waals surface area contributed by atoms with Crippen LogP contribution >= 0.6 is 11.6 Å². The summed E-state index contributed by atoms with van der Waals surface area (Å²) in [7, 11) is 0. The van der Waals surface area contributed by atoms with E-state index in [2.05, 4.69) is 291 Å². The number of rotatable bonds is 5. The van der Waals surface area contributed by atoms with E-state index in [-0.39, 0.29) is 5.28 Å². The zero-order valence-corrected chi connectivity index (χ0v) is 53.8. The van der Waals surface area contributed by atoms with Crippen LogP contribution in [0.1, 0.15) is 11.1 Å². The molecule has 0 unspecified atom stereocenters. The summed E-state index contributed by atoms with van der Waals surface area (Å²) in [6.07, 6.45) is 1.08. The van der Waals surface area contributed by atoms with Gasteiger partial charge in [0.25, 0.3) is 0 Å². The quantitative estimate of drug-likeness (QED) is 0.159. The zero-order chi connectivity index (χ0) is 65.2. The Bertz CT molecular complexity index is 6860. The molecule has 0 saturated heterocycles. The number of hydrogen-bond donors (Lipinski definition) is 0. The van der Waals surface area contributed by atoms with Crippen LogP contribution in [0.4, 0.5) is 0 Å². The summed E-state index contributed by atoms with van der Waals surface area (Å²) in [5.74, 6) is 0.576. The molecule has 0 amide bonds. The number of aromatic nitrogens is 7. The van der Waals surface area contributed by atoms with Gasteiger partial charge in [-0.2, -0.15) is 9.97 Å². The highest BCUT2D eigenvalue weighted by molar-refractivity contribution is 6.29. The van der Waals surface area contributed by atoms with Crippen molar-refractivity contribution in [3.05, 3.63) is 332 Å². The van der Waals surface area contributed by atoms with Gasteiger partial charge < -0.3 is 18.0 Å². The molecule has 0 spiro atoms. The van der Waals surface area contributed by atoms with Crippen molar-refractivity contribution in [1.82, 2.24) is 33.6 Å². The van der Waals surface area contributed by atoms with Gasteiger partial charge in [-0.3, -0.25) is 4.57 Å². The van der Waals surface area contributed by atoms with Crippen molar-refractivity contribution in [2.45, 2.75) is 6.42 Å². The molecule has 0 atom stereocenters. The maximum atomic E-state index is 6.51. The predicted octanol–water partition coefficient (Wildman–Crippen LogP) is 23.6. The van der Waals surface area contributed by atoms with Crippen LogP contribution in [0, 0.1) is 0 Å². The second-order valence-corrected chi connectivity index (χ2v) is 25.7. The summed E-state index contributed by atoms with van der Waals surface area (Å²) in [6.45, 7) is 0. The minimum Gasteiger partial charge on any atom is -0.438 e. The molecule has 22 rings (SSSR count). The lowest BCUT2D eigenvalue weighted by Crippen LogP contribution is -2.03. The molecule has 1 aliphatic rings. The van der Waals surface area contributed by atoms with Gasteiger partial charge in [0.1, 0.15) is 11.2 Å². The normalized spacial score (nSPS) is 12.1. The minimum absolute atomic E-state index is 0.167. The molecule has 7 aromatic heterocycles. The van der Waals surface area contributed by atoms with E-state index in [9.17, 15) is 0 Å². The van der Waals surface area contributed by atoms with Gasteiger partial charge in [0.2, 0.25) is 22.7 Å². The van der Waals surface area contributed by atoms with E-state index in [1.165, 1.54) is 70.9 Å². The van der Waals surface area contributed by atoms with Gasteiger partial charge in [-0.15, -0.1) is 0 Å². The van der Waals surface area contributed by atoms with Gasteiger partial charge in [0, 0.05) is 65.6 Å². The lowest BCUT2D eigenvalue weighted by molar-refractivity contribution is 0.651. The van der Waals surface area contributed by atoms with Crippen LogP contribution in [0.15, 0.2) is 324 Å². The molecule has 9 nitrogen and oxygen atoms in total. The molecule has 0 saturated carbocycles. The first-order valence-corrected chi connectivity index (χ1v) is 33.6. The predicted molar refractivity (Wildman–Crippen MR) is 407 cm³/mol. The average molecular weight is 1290 g/mol. The molecule has 0 aliphatic heterocycles. The molecular formula is C89H54ClN7O2. The molecule has 14 aromatic carbocycles. The van der Waals surface area contributed by atoms with E-state index in [1.807, 2.05) is 48.5 Å². The lowest BCUT2D eigenvalue weighted by atomic mass is 10.0. The maximum absolute atomic E-state index is 6.51. The molecule has 1 aliphatic carbocycles. The zero-order valence-electron chi connectivity index (χ0n) is 53.1. The molecule has 0 fully saturated rings. The summed E-state index contributed by atoms with van der Waals surface area (Å²) in [6, 6.07) is 111. The molecule has 0 radical (unpaired) electrons. The number of para-hydroxylation sites is 7. The molecular weight excluding hydrogens is 1230 g/mol. The third-order valence-electron chi connectivity index (χ3n) is 19.8. The first-order valence-electron chi connectivity index (χ1n) is 33.2. The van der Waals surface area contributed by atoms with Crippen molar-refractivity contribution >= 4 is 143 Å². The van der Waals surface area contributed by atoms with Crippen LogP contribution < -0.4 is 0 Å². The fourth-order valence-electron chi connectivity index (χ4n) is 15.4. The Labute approximate surface area is 570 Å². The third-order valence-corrected chi connectivity index (χ3v) is 19.9. The smallest absolute Gasteiger partial charge is 0.238 e. The number of benzene rings is 14. The molecule has 0 N–H and O–H groups in total. The van der Waals surface area contributed by atoms with Crippen LogP contribution in [0.3, 0.4) is 0 Å². The highest BCUT2D eigenvalue weighted by atomic mass is 35.5. The van der Waals surface area contributed by atoms with Crippen LogP contribution in [0.5, 0.6) is 0 Å². The number of halogens is 1. The SMILES string of the molecule is Clc1nc(-c2ccc3c4ccccc4n(-c4ccccc4)c3c2)c2c(n1)oc1ccccc12.c1ccc(-n2c3ccccc3c3ccc(-c4nc(-n5c6ccccc6c6cc7ccccc7cc65)nc5oc6ccccc6c45)cc32)cc1.c1ccc2c(c1)Cc1cc3ccccc3cc1-2. The van der Waals surface area contributed by atoms with Gasteiger partial charge >= 0.3 is 0 Å². The molecule has 7 heterocycles. The Morgan fingerprint density at radius 1 is 0.283 bits per heavy atom. The van der Waals surface area contributed by atoms with Gasteiger partial charge in [-0.05, 0) is 147 Å². The van der Waals surface area contributed by atoms with Crippen molar-refractivity contribution in [2.24, 2.45) is 0 Å². The van der Waals surface area contributed by atoms with Gasteiger partial charge in [-0.1, -0.05) is 231 Å². The maximum Gasteiger partial charge on any atom is 0.238 e. The van der Waals surface area contributed by atoms with Crippen LogP contribution in [0.2, 0.25) is 5.28 Å². The molecule has 10 heteroatoms. The average Bonchev–Trinajstić information content (AvgIpc) is 1.59. The van der Waals surface area contributed by atoms with E-state index in [1.54, 1.807) is 0 Å². The number of hydrogen-bond acceptors (Lipinski definition) is 6. The standard InChI is InChI=1S/C44H26N4O.C28H16ClN3O.C17H12/c1-2-14-30(15-3-1)47-36-19-9-6-16-31(36)33-23-22-29(26-38(33)47)42-41-34-18-8-11-21-40(34)49-43(41)46-44(45-42)48-37-20-10-7-17-32(37)35-24-27-12-4-5-13-28(27)25-39(35)48;29-28-30-26(25-21-11-5-7-13-24(21)33-27(25)31-28)17-14-15-20-19-10-4-6-12-22(19)32(23(20)16-17)18-8-2-1-3-9-18;1-2-6-13-11-17-15(9-12(13)5-1)10-14-7-3-4-8-16(14)17/h1-26H;1-16H;1-9,11H,10H2.